The molecule has 1 aliphatic rings. The van der Waals surface area contributed by atoms with Crippen LogP contribution in [0.15, 0.2) is 4.52 Å². The van der Waals surface area contributed by atoms with Crippen molar-refractivity contribution in [2.45, 2.75) is 38.6 Å². The minimum Gasteiger partial charge on any atom is -0.338 e. The second-order valence-electron chi connectivity index (χ2n) is 4.00. The Morgan fingerprint density at radius 3 is 2.80 bits per heavy atom. The molecule has 2 heterocycles. The fourth-order valence-corrected chi connectivity index (χ4v) is 1.77. The second-order valence-corrected chi connectivity index (χ2v) is 4.00. The summed E-state index contributed by atoms with van der Waals surface area (Å²) in [6.07, 6.45) is 4.55. The molecule has 2 rings (SSSR count). The van der Waals surface area contributed by atoms with Crippen LogP contribution in [-0.4, -0.2) is 23.2 Å². The predicted molar refractivity (Wildman–Crippen MR) is 57.6 cm³/mol. The lowest BCUT2D eigenvalue weighted by Gasteiger charge is -2.24. The minimum absolute atomic E-state index is 0.129. The van der Waals surface area contributed by atoms with Crippen molar-refractivity contribution < 1.29 is 4.52 Å². The van der Waals surface area contributed by atoms with Gasteiger partial charge >= 0.3 is 0 Å². The zero-order valence-electron chi connectivity index (χ0n) is 9.15. The quantitative estimate of drug-likeness (QED) is 0.818. The molecule has 0 aliphatic carbocycles. The highest BCUT2D eigenvalue weighted by Gasteiger charge is 2.18. The molecule has 1 saturated heterocycles. The van der Waals surface area contributed by atoms with Gasteiger partial charge in [-0.2, -0.15) is 4.98 Å². The van der Waals surface area contributed by atoms with Gasteiger partial charge in [-0.05, 0) is 30.8 Å². The van der Waals surface area contributed by atoms with E-state index >= 15 is 0 Å². The molecule has 15 heavy (non-hydrogen) atoms. The van der Waals surface area contributed by atoms with Gasteiger partial charge in [-0.15, -0.1) is 0 Å². The van der Waals surface area contributed by atoms with Crippen molar-refractivity contribution >= 4 is 5.95 Å². The monoisotopic (exact) mass is 210 g/mol. The van der Waals surface area contributed by atoms with Gasteiger partial charge in [0.2, 0.25) is 5.89 Å². The zero-order chi connectivity index (χ0) is 10.7. The Hall–Kier alpha value is -1.10. The third-order valence-corrected chi connectivity index (χ3v) is 2.83. The maximum absolute atomic E-state index is 5.82. The number of hydrogen-bond donors (Lipinski definition) is 1. The summed E-state index contributed by atoms with van der Waals surface area (Å²) in [5, 5.41) is 3.97. The first-order valence-electron chi connectivity index (χ1n) is 5.65. The van der Waals surface area contributed by atoms with E-state index in [2.05, 4.69) is 15.0 Å². The van der Waals surface area contributed by atoms with Crippen LogP contribution in [0.3, 0.4) is 0 Å². The fourth-order valence-electron chi connectivity index (χ4n) is 1.77. The lowest BCUT2D eigenvalue weighted by Crippen LogP contribution is -2.30. The first-order chi connectivity index (χ1) is 7.31. The highest BCUT2D eigenvalue weighted by molar-refractivity contribution is 5.28. The SMILES string of the molecule is CC[C@@H](N)c1nc(N2CCCCC2)no1. The van der Waals surface area contributed by atoms with E-state index in [9.17, 15) is 0 Å². The molecule has 1 aromatic heterocycles. The smallest absolute Gasteiger partial charge is 0.266 e. The molecule has 0 bridgehead atoms. The molecule has 0 amide bonds. The molecular weight excluding hydrogens is 192 g/mol. The van der Waals surface area contributed by atoms with Gasteiger partial charge in [0, 0.05) is 13.1 Å². The van der Waals surface area contributed by atoms with E-state index in [1.54, 1.807) is 0 Å². The summed E-state index contributed by atoms with van der Waals surface area (Å²) >= 11 is 0. The summed E-state index contributed by atoms with van der Waals surface area (Å²) in [7, 11) is 0. The van der Waals surface area contributed by atoms with Crippen molar-refractivity contribution in [3.63, 3.8) is 0 Å². The van der Waals surface area contributed by atoms with E-state index in [0.717, 1.165) is 19.5 Å². The largest absolute Gasteiger partial charge is 0.338 e. The Morgan fingerprint density at radius 1 is 1.40 bits per heavy atom. The Morgan fingerprint density at radius 2 is 2.13 bits per heavy atom. The maximum Gasteiger partial charge on any atom is 0.266 e. The second kappa shape index (κ2) is 4.61. The standard InChI is InChI=1S/C10H18N4O/c1-2-8(11)9-12-10(13-15-9)14-6-4-3-5-7-14/h8H,2-7,11H2,1H3/t8-/m1/s1. The van der Waals surface area contributed by atoms with E-state index in [-0.39, 0.29) is 6.04 Å². The van der Waals surface area contributed by atoms with Crippen LogP contribution >= 0.6 is 0 Å². The predicted octanol–water partition coefficient (Wildman–Crippen LogP) is 1.47. The van der Waals surface area contributed by atoms with E-state index in [0.29, 0.717) is 11.8 Å². The van der Waals surface area contributed by atoms with E-state index in [1.807, 2.05) is 6.92 Å². The summed E-state index contributed by atoms with van der Waals surface area (Å²) in [6, 6.07) is -0.129. The molecule has 0 saturated carbocycles. The van der Waals surface area contributed by atoms with Crippen LogP contribution in [0.4, 0.5) is 5.95 Å². The van der Waals surface area contributed by atoms with Crippen molar-refractivity contribution in [1.29, 1.82) is 0 Å². The summed E-state index contributed by atoms with van der Waals surface area (Å²) in [6.45, 7) is 4.07. The van der Waals surface area contributed by atoms with Gasteiger partial charge < -0.3 is 15.2 Å². The molecule has 1 atom stereocenters. The van der Waals surface area contributed by atoms with Crippen LogP contribution in [0.2, 0.25) is 0 Å². The number of aromatic nitrogens is 2. The molecule has 2 N–H and O–H groups in total. The van der Waals surface area contributed by atoms with Gasteiger partial charge in [-0.25, -0.2) is 0 Å². The Bertz CT molecular complexity index is 306. The Kier molecular flexibility index (Phi) is 3.20. The normalized spacial score (nSPS) is 19.2. The summed E-state index contributed by atoms with van der Waals surface area (Å²) in [5.74, 6) is 1.26. The van der Waals surface area contributed by atoms with Crippen LogP contribution in [0.5, 0.6) is 0 Å². The van der Waals surface area contributed by atoms with Gasteiger partial charge in [0.1, 0.15) is 0 Å². The Labute approximate surface area is 89.6 Å². The number of piperidine rings is 1. The topological polar surface area (TPSA) is 68.2 Å². The Balaban J connectivity index is 2.05. The van der Waals surface area contributed by atoms with Gasteiger partial charge in [0.25, 0.3) is 5.95 Å². The van der Waals surface area contributed by atoms with Gasteiger partial charge in [0.15, 0.2) is 0 Å². The molecule has 1 fully saturated rings. The summed E-state index contributed by atoms with van der Waals surface area (Å²) in [5.41, 5.74) is 5.82. The highest BCUT2D eigenvalue weighted by Crippen LogP contribution is 2.19. The van der Waals surface area contributed by atoms with Gasteiger partial charge in [-0.3, -0.25) is 0 Å². The van der Waals surface area contributed by atoms with Crippen LogP contribution in [-0.2, 0) is 0 Å². The average molecular weight is 210 g/mol. The maximum atomic E-state index is 5.82. The third kappa shape index (κ3) is 2.28. The number of hydrogen-bond acceptors (Lipinski definition) is 5. The zero-order valence-corrected chi connectivity index (χ0v) is 9.15. The van der Waals surface area contributed by atoms with Crippen molar-refractivity contribution in [2.24, 2.45) is 5.73 Å². The van der Waals surface area contributed by atoms with Crippen LogP contribution in [0.1, 0.15) is 44.5 Å². The fraction of sp³-hybridized carbons (Fsp3) is 0.800. The van der Waals surface area contributed by atoms with Crippen molar-refractivity contribution in [3.8, 4) is 0 Å². The van der Waals surface area contributed by atoms with Gasteiger partial charge in [-0.1, -0.05) is 6.92 Å². The van der Waals surface area contributed by atoms with Crippen LogP contribution in [0, 0.1) is 0 Å². The summed E-state index contributed by atoms with van der Waals surface area (Å²) < 4.78 is 5.14. The van der Waals surface area contributed by atoms with Crippen LogP contribution < -0.4 is 10.6 Å². The molecule has 5 nitrogen and oxygen atoms in total. The number of anilines is 1. The van der Waals surface area contributed by atoms with Crippen LogP contribution in [0.25, 0.3) is 0 Å². The average Bonchev–Trinajstić information content (AvgIpc) is 2.78. The van der Waals surface area contributed by atoms with Crippen molar-refractivity contribution in [3.05, 3.63) is 5.89 Å². The molecule has 0 spiro atoms. The lowest BCUT2D eigenvalue weighted by molar-refractivity contribution is 0.350. The number of rotatable bonds is 3. The first-order valence-corrected chi connectivity index (χ1v) is 5.65. The third-order valence-electron chi connectivity index (χ3n) is 2.83. The molecule has 0 unspecified atom stereocenters. The lowest BCUT2D eigenvalue weighted by atomic mass is 10.1. The van der Waals surface area contributed by atoms with E-state index in [1.165, 1.54) is 19.3 Å². The van der Waals surface area contributed by atoms with E-state index < -0.39 is 0 Å². The molecule has 0 radical (unpaired) electrons. The molecule has 1 aromatic rings. The van der Waals surface area contributed by atoms with Crippen molar-refractivity contribution in [1.82, 2.24) is 10.1 Å². The molecular formula is C10H18N4O. The first kappa shape index (κ1) is 10.4. The number of nitrogens with zero attached hydrogens (tertiary/aromatic N) is 3. The van der Waals surface area contributed by atoms with E-state index in [4.69, 9.17) is 10.3 Å². The highest BCUT2D eigenvalue weighted by atomic mass is 16.5. The van der Waals surface area contributed by atoms with Gasteiger partial charge in [0.05, 0.1) is 6.04 Å². The minimum atomic E-state index is -0.129. The molecule has 5 heteroatoms. The molecule has 84 valence electrons. The molecule has 0 aromatic carbocycles. The summed E-state index contributed by atoms with van der Waals surface area (Å²) in [4.78, 5) is 6.49. The number of nitrogens with two attached hydrogens (primary N) is 1. The van der Waals surface area contributed by atoms with Crippen molar-refractivity contribution in [2.75, 3.05) is 18.0 Å². The molecule has 1 aliphatic heterocycles.